The third-order valence-electron chi connectivity index (χ3n) is 7.67. The van der Waals surface area contributed by atoms with Crippen LogP contribution < -0.4 is 10.3 Å². The van der Waals surface area contributed by atoms with Gasteiger partial charge >= 0.3 is 0 Å². The van der Waals surface area contributed by atoms with Crippen molar-refractivity contribution >= 4 is 39.6 Å². The van der Waals surface area contributed by atoms with Gasteiger partial charge in [-0.1, -0.05) is 67.9 Å². The summed E-state index contributed by atoms with van der Waals surface area (Å²) in [6.45, 7) is 9.52. The van der Waals surface area contributed by atoms with E-state index < -0.39 is 0 Å². The summed E-state index contributed by atoms with van der Waals surface area (Å²) in [6.07, 6.45) is 3.83. The first-order chi connectivity index (χ1) is 20.8. The molecule has 0 N–H and O–H groups in total. The van der Waals surface area contributed by atoms with Gasteiger partial charge in [0.05, 0.1) is 23.7 Å². The van der Waals surface area contributed by atoms with Gasteiger partial charge in [0.25, 0.3) is 5.56 Å². The molecule has 0 fully saturated rings. The van der Waals surface area contributed by atoms with Gasteiger partial charge in [-0.15, -0.1) is 0 Å². The van der Waals surface area contributed by atoms with Crippen molar-refractivity contribution in [1.82, 2.24) is 14.2 Å². The van der Waals surface area contributed by atoms with Crippen LogP contribution in [0.2, 0.25) is 5.02 Å². The molecule has 43 heavy (non-hydrogen) atoms. The maximum Gasteiger partial charge on any atom is 0.282 e. The Morgan fingerprint density at radius 3 is 2.44 bits per heavy atom. The van der Waals surface area contributed by atoms with Crippen LogP contribution in [0, 0.1) is 6.92 Å². The zero-order valence-electron chi connectivity index (χ0n) is 24.7. The van der Waals surface area contributed by atoms with Crippen LogP contribution in [-0.2, 0) is 6.54 Å². The van der Waals surface area contributed by atoms with Crippen molar-refractivity contribution in [2.24, 2.45) is 5.10 Å². The Bertz CT molecular complexity index is 2040. The van der Waals surface area contributed by atoms with E-state index in [1.165, 1.54) is 4.68 Å². The molecule has 6 rings (SSSR count). The van der Waals surface area contributed by atoms with Gasteiger partial charge in [0.1, 0.15) is 5.75 Å². The number of para-hydroxylation sites is 2. The van der Waals surface area contributed by atoms with Crippen molar-refractivity contribution in [2.45, 2.75) is 40.2 Å². The normalized spacial score (nSPS) is 11.8. The van der Waals surface area contributed by atoms with E-state index in [-0.39, 0.29) is 11.5 Å². The van der Waals surface area contributed by atoms with Crippen LogP contribution in [0.3, 0.4) is 0 Å². The van der Waals surface area contributed by atoms with E-state index in [1.807, 2.05) is 74.5 Å². The fourth-order valence-electron chi connectivity index (χ4n) is 5.49. The van der Waals surface area contributed by atoms with E-state index in [1.54, 1.807) is 12.3 Å². The molecule has 0 radical (unpaired) electrons. The zero-order chi connectivity index (χ0) is 30.1. The third-order valence-corrected chi connectivity index (χ3v) is 7.92. The van der Waals surface area contributed by atoms with E-state index in [9.17, 15) is 4.79 Å². The Balaban J connectivity index is 1.51. The molecule has 0 aliphatic rings. The second-order valence-corrected chi connectivity index (χ2v) is 11.4. The van der Waals surface area contributed by atoms with Crippen LogP contribution in [0.4, 0.5) is 0 Å². The monoisotopic (exact) mass is 588 g/mol. The fraction of sp³-hybridized carbons (Fsp3) is 0.194. The number of hydrogen-bond donors (Lipinski definition) is 0. The summed E-state index contributed by atoms with van der Waals surface area (Å²) >= 11 is 6.11. The van der Waals surface area contributed by atoms with Crippen molar-refractivity contribution in [2.75, 3.05) is 6.61 Å². The summed E-state index contributed by atoms with van der Waals surface area (Å²) in [7, 11) is 0. The highest BCUT2D eigenvalue weighted by atomic mass is 35.5. The van der Waals surface area contributed by atoms with E-state index in [2.05, 4.69) is 42.8 Å². The highest BCUT2D eigenvalue weighted by Gasteiger charge is 2.19. The third kappa shape index (κ3) is 5.58. The fourth-order valence-corrected chi connectivity index (χ4v) is 5.62. The van der Waals surface area contributed by atoms with Gasteiger partial charge in [-0.05, 0) is 78.9 Å². The number of aromatic nitrogens is 3. The minimum atomic E-state index is -0.221. The lowest BCUT2D eigenvalue weighted by Crippen LogP contribution is -2.20. The number of nitrogens with zero attached hydrogens (tertiary/aromatic N) is 4. The highest BCUT2D eigenvalue weighted by Crippen LogP contribution is 2.34. The van der Waals surface area contributed by atoms with Crippen LogP contribution in [0.25, 0.3) is 33.2 Å². The zero-order valence-corrected chi connectivity index (χ0v) is 25.5. The summed E-state index contributed by atoms with van der Waals surface area (Å²) in [5, 5.41) is 7.08. The summed E-state index contributed by atoms with van der Waals surface area (Å²) in [5.74, 6) is 1.56. The molecule has 0 atom stereocenters. The first kappa shape index (κ1) is 28.4. The second-order valence-electron chi connectivity index (χ2n) is 11.0. The molecule has 0 saturated heterocycles. The molecule has 0 bridgehead atoms. The number of aryl methyl sites for hydroxylation is 1. The topological polar surface area (TPSA) is 61.4 Å². The highest BCUT2D eigenvalue weighted by molar-refractivity contribution is 6.30. The predicted molar refractivity (Wildman–Crippen MR) is 177 cm³/mol. The van der Waals surface area contributed by atoms with E-state index in [4.69, 9.17) is 26.4 Å². The van der Waals surface area contributed by atoms with Crippen molar-refractivity contribution in [3.8, 4) is 17.1 Å². The maximum atomic E-state index is 13.9. The number of hydrogen-bond acceptors (Lipinski definition) is 4. The summed E-state index contributed by atoms with van der Waals surface area (Å²) in [5.41, 5.74) is 6.39. The van der Waals surface area contributed by atoms with Crippen LogP contribution in [0.5, 0.6) is 5.75 Å². The number of halogens is 1. The van der Waals surface area contributed by atoms with Crippen LogP contribution in [0.15, 0.2) is 101 Å². The number of ether oxygens (including phenoxy) is 1. The van der Waals surface area contributed by atoms with Gasteiger partial charge < -0.3 is 9.30 Å². The Hall–Kier alpha value is -4.68. The number of benzene rings is 4. The quantitative estimate of drug-likeness (QED) is 0.168. The van der Waals surface area contributed by atoms with E-state index in [0.717, 1.165) is 44.5 Å². The maximum absolute atomic E-state index is 13.9. The largest absolute Gasteiger partial charge is 0.494 e. The molecule has 0 amide bonds. The first-order valence-electron chi connectivity index (χ1n) is 14.5. The molecule has 7 heteroatoms. The number of fused-ring (bicyclic) bond motifs is 2. The van der Waals surface area contributed by atoms with Crippen LogP contribution in [0.1, 0.15) is 48.9 Å². The average Bonchev–Trinajstić information content (AvgIpc) is 3.35. The molecular formula is C36H33ClN4O2. The van der Waals surface area contributed by atoms with Crippen molar-refractivity contribution < 1.29 is 4.74 Å². The Kier molecular flexibility index (Phi) is 7.87. The molecule has 2 aromatic heterocycles. The van der Waals surface area contributed by atoms with Gasteiger partial charge in [-0.25, -0.2) is 4.98 Å². The van der Waals surface area contributed by atoms with Crippen molar-refractivity contribution in [3.63, 3.8) is 0 Å². The molecule has 6 nitrogen and oxygen atoms in total. The van der Waals surface area contributed by atoms with Crippen molar-refractivity contribution in [1.29, 1.82) is 0 Å². The molecule has 0 aliphatic carbocycles. The summed E-state index contributed by atoms with van der Waals surface area (Å²) in [4.78, 5) is 18.9. The molecule has 2 heterocycles. The number of rotatable bonds is 8. The Morgan fingerprint density at radius 2 is 1.70 bits per heavy atom. The molecular weight excluding hydrogens is 556 g/mol. The van der Waals surface area contributed by atoms with Crippen LogP contribution >= 0.6 is 11.6 Å². The van der Waals surface area contributed by atoms with Gasteiger partial charge in [0.2, 0.25) is 0 Å². The van der Waals surface area contributed by atoms with Crippen molar-refractivity contribution in [3.05, 3.63) is 129 Å². The second kappa shape index (κ2) is 11.9. The Morgan fingerprint density at radius 1 is 0.977 bits per heavy atom. The lowest BCUT2D eigenvalue weighted by Gasteiger charge is -2.18. The Labute approximate surface area is 255 Å². The van der Waals surface area contributed by atoms with E-state index in [0.29, 0.717) is 34.9 Å². The molecule has 0 unspecified atom stereocenters. The summed E-state index contributed by atoms with van der Waals surface area (Å²) in [6, 6.07) is 27.6. The lowest BCUT2D eigenvalue weighted by atomic mass is 9.96. The van der Waals surface area contributed by atoms with Gasteiger partial charge in [-0.3, -0.25) is 4.79 Å². The predicted octanol–water partition coefficient (Wildman–Crippen LogP) is 8.43. The van der Waals surface area contributed by atoms with Gasteiger partial charge in [-0.2, -0.15) is 9.78 Å². The lowest BCUT2D eigenvalue weighted by molar-refractivity contribution is 0.335. The summed E-state index contributed by atoms with van der Waals surface area (Å²) < 4.78 is 9.58. The van der Waals surface area contributed by atoms with Crippen LogP contribution in [-0.4, -0.2) is 27.0 Å². The molecule has 0 spiro atoms. The SMILES string of the molecule is CCOc1cc(C)c(-c2nc3ccccc3c(=O)n2N=Cc2cn(Cc3ccc(Cl)cc3)c3ccccc23)cc1C(C)C. The molecule has 6 aromatic rings. The standard InChI is InChI=1S/C36H33ClN4O2/c1-5-43-34-18-24(4)31(19-30(34)23(2)3)35-39-32-12-8-6-11-29(32)36(42)41(35)38-20-26-22-40(33-13-9-7-10-28(26)33)21-25-14-16-27(37)17-15-25/h6-20,22-23H,5,21H2,1-4H3. The molecule has 216 valence electrons. The molecule has 4 aromatic carbocycles. The van der Waals surface area contributed by atoms with E-state index >= 15 is 0 Å². The minimum absolute atomic E-state index is 0.219. The first-order valence-corrected chi connectivity index (χ1v) is 14.9. The molecule has 0 saturated carbocycles. The smallest absolute Gasteiger partial charge is 0.282 e. The molecule has 0 aliphatic heterocycles. The average molecular weight is 589 g/mol. The van der Waals surface area contributed by atoms with Gasteiger partial charge in [0, 0.05) is 39.8 Å². The minimum Gasteiger partial charge on any atom is -0.494 e. The van der Waals surface area contributed by atoms with Gasteiger partial charge in [0.15, 0.2) is 5.82 Å².